The molecule has 0 saturated heterocycles. The lowest BCUT2D eigenvalue weighted by Crippen LogP contribution is -2.46. The third-order valence-electron chi connectivity index (χ3n) is 3.76. The molecule has 0 aromatic carbocycles. The molecule has 0 aliphatic rings. The third kappa shape index (κ3) is 15.6. The van der Waals surface area contributed by atoms with Crippen LogP contribution in [-0.2, 0) is 31.3 Å². The molecule has 29 heavy (non-hydrogen) atoms. The lowest BCUT2D eigenvalue weighted by Gasteiger charge is -2.28. The van der Waals surface area contributed by atoms with Gasteiger partial charge in [-0.25, -0.2) is 0 Å². The molecular formula is C19H43ClO7Si2. The predicted octanol–water partition coefficient (Wildman–Crippen LogP) is 4.51. The van der Waals surface area contributed by atoms with Crippen LogP contribution in [0.5, 0.6) is 0 Å². The van der Waals surface area contributed by atoms with E-state index in [0.717, 1.165) is 30.5 Å². The van der Waals surface area contributed by atoms with E-state index in [1.165, 1.54) is 0 Å². The molecular weight excluding hydrogens is 432 g/mol. The first-order valence-corrected chi connectivity index (χ1v) is 14.6. The van der Waals surface area contributed by atoms with Crippen molar-refractivity contribution in [3.05, 3.63) is 12.2 Å². The van der Waals surface area contributed by atoms with E-state index in [9.17, 15) is 0 Å². The van der Waals surface area contributed by atoms with Gasteiger partial charge in [0.25, 0.3) is 0 Å². The van der Waals surface area contributed by atoms with Gasteiger partial charge in [0.1, 0.15) is 0 Å². The average molecular weight is 475 g/mol. The third-order valence-corrected chi connectivity index (χ3v) is 10.0. The highest BCUT2D eigenvalue weighted by Crippen LogP contribution is 2.18. The molecule has 0 unspecified atom stereocenters. The lowest BCUT2D eigenvalue weighted by atomic mass is 10.4. The number of rotatable bonds is 18. The Hall–Kier alpha value is 0.184. The van der Waals surface area contributed by atoms with Crippen molar-refractivity contribution in [2.24, 2.45) is 0 Å². The van der Waals surface area contributed by atoms with E-state index in [1.807, 2.05) is 27.7 Å². The Labute approximate surface area is 185 Å². The van der Waals surface area contributed by atoms with Gasteiger partial charge < -0.3 is 31.3 Å². The van der Waals surface area contributed by atoms with E-state index in [0.29, 0.717) is 38.9 Å². The molecule has 0 aromatic heterocycles. The SMILES string of the molecule is C=C(C)COCCC[Si](OCC)(OCC)OCC.CO[Si](CCCCl)(OC)OC. The Bertz CT molecular complexity index is 360. The summed E-state index contributed by atoms with van der Waals surface area (Å²) in [5.74, 6) is 0.616. The topological polar surface area (TPSA) is 64.6 Å². The van der Waals surface area contributed by atoms with Crippen molar-refractivity contribution in [1.82, 2.24) is 0 Å². The first-order chi connectivity index (χ1) is 13.8. The van der Waals surface area contributed by atoms with Gasteiger partial charge in [-0.2, -0.15) is 0 Å². The molecule has 0 heterocycles. The summed E-state index contributed by atoms with van der Waals surface area (Å²) in [7, 11) is 0.0159. The largest absolute Gasteiger partial charge is 0.501 e. The van der Waals surface area contributed by atoms with Crippen molar-refractivity contribution in [2.45, 2.75) is 52.6 Å². The first kappa shape index (κ1) is 31.4. The highest BCUT2D eigenvalue weighted by atomic mass is 35.5. The molecule has 0 atom stereocenters. The molecule has 0 aliphatic heterocycles. The van der Waals surface area contributed by atoms with Crippen LogP contribution >= 0.6 is 11.6 Å². The fourth-order valence-corrected chi connectivity index (χ4v) is 7.14. The van der Waals surface area contributed by atoms with E-state index in [1.54, 1.807) is 21.3 Å². The maximum absolute atomic E-state index is 5.76. The zero-order valence-corrected chi connectivity index (χ0v) is 22.3. The fourth-order valence-electron chi connectivity index (χ4n) is 2.48. The van der Waals surface area contributed by atoms with Crippen molar-refractivity contribution in [1.29, 1.82) is 0 Å². The summed E-state index contributed by atoms with van der Waals surface area (Å²) in [6.07, 6.45) is 1.75. The Morgan fingerprint density at radius 1 is 0.793 bits per heavy atom. The van der Waals surface area contributed by atoms with Gasteiger partial charge in [0.15, 0.2) is 0 Å². The number of hydrogen-bond donors (Lipinski definition) is 0. The maximum atomic E-state index is 5.76. The van der Waals surface area contributed by atoms with E-state index < -0.39 is 17.6 Å². The zero-order valence-electron chi connectivity index (χ0n) is 19.5. The van der Waals surface area contributed by atoms with E-state index >= 15 is 0 Å². The molecule has 0 aliphatic carbocycles. The van der Waals surface area contributed by atoms with Gasteiger partial charge >= 0.3 is 17.6 Å². The van der Waals surface area contributed by atoms with Gasteiger partial charge in [-0.1, -0.05) is 12.2 Å². The van der Waals surface area contributed by atoms with Gasteiger partial charge in [-0.05, 0) is 40.5 Å². The molecule has 0 amide bonds. The number of hydrogen-bond acceptors (Lipinski definition) is 7. The monoisotopic (exact) mass is 474 g/mol. The molecule has 0 fully saturated rings. The highest BCUT2D eigenvalue weighted by Gasteiger charge is 2.39. The number of ether oxygens (including phenoxy) is 1. The quantitative estimate of drug-likeness (QED) is 0.125. The molecule has 7 nitrogen and oxygen atoms in total. The predicted molar refractivity (Wildman–Crippen MR) is 123 cm³/mol. The first-order valence-electron chi connectivity index (χ1n) is 10.2. The fraction of sp³-hybridized carbons (Fsp3) is 0.895. The lowest BCUT2D eigenvalue weighted by molar-refractivity contribution is 0.0670. The van der Waals surface area contributed by atoms with Crippen LogP contribution in [0.2, 0.25) is 12.1 Å². The average Bonchev–Trinajstić information content (AvgIpc) is 2.70. The number of alkyl halides is 1. The van der Waals surface area contributed by atoms with Crippen molar-refractivity contribution >= 4 is 29.2 Å². The molecule has 0 radical (unpaired) electrons. The van der Waals surface area contributed by atoms with Crippen molar-refractivity contribution in [3.8, 4) is 0 Å². The molecule has 0 saturated carbocycles. The second-order valence-electron chi connectivity index (χ2n) is 6.18. The van der Waals surface area contributed by atoms with Gasteiger partial charge in [0.2, 0.25) is 0 Å². The van der Waals surface area contributed by atoms with Crippen molar-refractivity contribution in [2.75, 3.05) is 60.2 Å². The zero-order chi connectivity index (χ0) is 22.6. The van der Waals surface area contributed by atoms with Gasteiger partial charge in [-0.3, -0.25) is 0 Å². The Morgan fingerprint density at radius 3 is 1.59 bits per heavy atom. The standard InChI is InChI=1S/C13H28O4Si.C6H15ClO3Si/c1-6-15-18(16-7-2,17-8-3)11-9-10-14-12-13(4)5;1-8-11(9-2,10-3)6-4-5-7/h4,6-12H2,1-3,5H3;4-6H2,1-3H3. The second-order valence-corrected chi connectivity index (χ2v) is 12.4. The van der Waals surface area contributed by atoms with Crippen LogP contribution in [0.3, 0.4) is 0 Å². The molecule has 0 bridgehead atoms. The van der Waals surface area contributed by atoms with E-state index in [4.69, 9.17) is 42.9 Å². The van der Waals surface area contributed by atoms with Crippen LogP contribution in [0.25, 0.3) is 0 Å². The summed E-state index contributed by atoms with van der Waals surface area (Å²) in [5, 5.41) is 0. The van der Waals surface area contributed by atoms with Crippen LogP contribution in [-0.4, -0.2) is 77.9 Å². The second kappa shape index (κ2) is 20.1. The Kier molecular flexibility index (Phi) is 21.8. The van der Waals surface area contributed by atoms with E-state index in [2.05, 4.69) is 6.58 Å². The summed E-state index contributed by atoms with van der Waals surface area (Å²) in [4.78, 5) is 0. The smallest absolute Gasteiger partial charge is 0.377 e. The van der Waals surface area contributed by atoms with Gasteiger partial charge in [0.05, 0.1) is 6.61 Å². The normalized spacial score (nSPS) is 11.9. The van der Waals surface area contributed by atoms with Crippen molar-refractivity contribution < 1.29 is 31.3 Å². The molecule has 0 spiro atoms. The summed E-state index contributed by atoms with van der Waals surface area (Å²) < 4.78 is 38.3. The minimum atomic E-state index is -2.48. The molecule has 0 rings (SSSR count). The molecule has 176 valence electrons. The van der Waals surface area contributed by atoms with E-state index in [-0.39, 0.29) is 0 Å². The minimum absolute atomic E-state index is 0.616. The van der Waals surface area contributed by atoms with Crippen LogP contribution in [0, 0.1) is 0 Å². The summed E-state index contributed by atoms with van der Waals surface area (Å²) >= 11 is 5.53. The van der Waals surface area contributed by atoms with Gasteiger partial charge in [0, 0.05) is 65.7 Å². The molecule has 0 N–H and O–H groups in total. The summed E-state index contributed by atoms with van der Waals surface area (Å²) in [6.45, 7) is 14.8. The van der Waals surface area contributed by atoms with Gasteiger partial charge in [-0.15, -0.1) is 11.6 Å². The van der Waals surface area contributed by atoms with Crippen LogP contribution in [0.1, 0.15) is 40.5 Å². The molecule has 0 aromatic rings. The Morgan fingerprint density at radius 2 is 1.24 bits per heavy atom. The van der Waals surface area contributed by atoms with Crippen molar-refractivity contribution in [3.63, 3.8) is 0 Å². The number of halogens is 1. The summed E-state index contributed by atoms with van der Waals surface area (Å²) in [6, 6.07) is 1.58. The minimum Gasteiger partial charge on any atom is -0.377 e. The molecule has 10 heteroatoms. The summed E-state index contributed by atoms with van der Waals surface area (Å²) in [5.41, 5.74) is 1.04. The highest BCUT2D eigenvalue weighted by molar-refractivity contribution is 6.61. The van der Waals surface area contributed by atoms with Crippen LogP contribution < -0.4 is 0 Å². The van der Waals surface area contributed by atoms with Crippen LogP contribution in [0.4, 0.5) is 0 Å². The maximum Gasteiger partial charge on any atom is 0.501 e. The van der Waals surface area contributed by atoms with Crippen LogP contribution in [0.15, 0.2) is 12.2 Å². The Balaban J connectivity index is 0.